The van der Waals surface area contributed by atoms with Crippen molar-refractivity contribution in [3.63, 3.8) is 0 Å². The molecule has 2 aromatic heterocycles. The van der Waals surface area contributed by atoms with Gasteiger partial charge in [0.2, 0.25) is 0 Å². The van der Waals surface area contributed by atoms with Crippen molar-refractivity contribution in [3.8, 4) is 0 Å². The van der Waals surface area contributed by atoms with Crippen molar-refractivity contribution in [2.45, 2.75) is 45.4 Å². The second kappa shape index (κ2) is 4.85. The molecule has 0 bridgehead atoms. The molecule has 0 aromatic carbocycles. The predicted molar refractivity (Wildman–Crippen MR) is 64.8 cm³/mol. The van der Waals surface area contributed by atoms with Crippen LogP contribution in [0.1, 0.15) is 32.5 Å². The third-order valence-electron chi connectivity index (χ3n) is 2.55. The maximum Gasteiger partial charge on any atom is 0.138 e. The minimum atomic E-state index is -0.810. The highest BCUT2D eigenvalue weighted by atomic mass is 16.3. The van der Waals surface area contributed by atoms with Crippen molar-refractivity contribution in [2.24, 2.45) is 0 Å². The van der Waals surface area contributed by atoms with Crippen LogP contribution in [0.15, 0.2) is 19.0 Å². The van der Waals surface area contributed by atoms with Gasteiger partial charge in [-0.1, -0.05) is 6.92 Å². The Labute approximate surface area is 105 Å². The number of aliphatic hydroxyl groups is 1. The van der Waals surface area contributed by atoms with Crippen molar-refractivity contribution in [3.05, 3.63) is 24.8 Å². The summed E-state index contributed by atoms with van der Waals surface area (Å²) in [5.41, 5.74) is -0.810. The van der Waals surface area contributed by atoms with Gasteiger partial charge in [0.1, 0.15) is 24.8 Å². The number of rotatable bonds is 5. The summed E-state index contributed by atoms with van der Waals surface area (Å²) >= 11 is 0. The van der Waals surface area contributed by atoms with E-state index in [9.17, 15) is 5.11 Å². The van der Waals surface area contributed by atoms with E-state index in [0.29, 0.717) is 13.1 Å². The molecule has 0 fully saturated rings. The van der Waals surface area contributed by atoms with Crippen LogP contribution < -0.4 is 0 Å². The fourth-order valence-corrected chi connectivity index (χ4v) is 1.83. The van der Waals surface area contributed by atoms with Gasteiger partial charge in [-0.05, 0) is 13.8 Å². The van der Waals surface area contributed by atoms with E-state index >= 15 is 0 Å². The highest BCUT2D eigenvalue weighted by molar-refractivity contribution is 4.94. The Morgan fingerprint density at radius 1 is 1.33 bits per heavy atom. The molecule has 0 amide bonds. The highest BCUT2D eigenvalue weighted by Crippen LogP contribution is 2.16. The van der Waals surface area contributed by atoms with E-state index in [1.54, 1.807) is 29.5 Å². The van der Waals surface area contributed by atoms with Crippen LogP contribution in [0.25, 0.3) is 0 Å². The first-order chi connectivity index (χ1) is 8.46. The number of hydrogen-bond donors (Lipinski definition) is 1. The fourth-order valence-electron chi connectivity index (χ4n) is 1.83. The largest absolute Gasteiger partial charge is 0.389 e. The Bertz CT molecular complexity index is 484. The molecule has 0 aliphatic rings. The standard InChI is InChI=1S/C11H18N6O/c1-9(4-16-8-12-6-14-16)10-13-7-15-17(10)5-11(2,3)18/h6-9,18H,4-5H2,1-3H3. The zero-order valence-corrected chi connectivity index (χ0v) is 10.9. The summed E-state index contributed by atoms with van der Waals surface area (Å²) in [4.78, 5) is 8.17. The van der Waals surface area contributed by atoms with Gasteiger partial charge < -0.3 is 5.11 Å². The lowest BCUT2D eigenvalue weighted by Gasteiger charge is -2.19. The molecule has 1 N–H and O–H groups in total. The lowest BCUT2D eigenvalue weighted by Crippen LogP contribution is -2.28. The van der Waals surface area contributed by atoms with E-state index < -0.39 is 5.60 Å². The van der Waals surface area contributed by atoms with Crippen LogP contribution in [0.5, 0.6) is 0 Å². The molecule has 0 aliphatic carbocycles. The average Bonchev–Trinajstić information content (AvgIpc) is 2.86. The normalized spacial score (nSPS) is 13.8. The molecule has 0 spiro atoms. The molecular formula is C11H18N6O. The predicted octanol–water partition coefficient (Wildman–Crippen LogP) is 0.444. The monoisotopic (exact) mass is 250 g/mol. The Balaban J connectivity index is 2.11. The SMILES string of the molecule is CC(Cn1cncn1)c1ncnn1CC(C)(C)O. The van der Waals surface area contributed by atoms with Crippen LogP contribution in [-0.4, -0.2) is 40.2 Å². The topological polar surface area (TPSA) is 81.7 Å². The lowest BCUT2D eigenvalue weighted by atomic mass is 10.1. The van der Waals surface area contributed by atoms with E-state index in [2.05, 4.69) is 20.2 Å². The summed E-state index contributed by atoms with van der Waals surface area (Å²) < 4.78 is 3.50. The zero-order valence-electron chi connectivity index (χ0n) is 10.9. The number of nitrogens with zero attached hydrogens (tertiary/aromatic N) is 6. The third kappa shape index (κ3) is 3.13. The Hall–Kier alpha value is -1.76. The zero-order chi connectivity index (χ0) is 13.2. The minimum absolute atomic E-state index is 0.150. The van der Waals surface area contributed by atoms with Crippen LogP contribution in [-0.2, 0) is 13.1 Å². The molecule has 7 nitrogen and oxygen atoms in total. The van der Waals surface area contributed by atoms with Crippen LogP contribution in [0, 0.1) is 0 Å². The van der Waals surface area contributed by atoms with E-state index in [1.165, 1.54) is 12.7 Å². The molecule has 2 rings (SSSR count). The maximum absolute atomic E-state index is 9.84. The summed E-state index contributed by atoms with van der Waals surface area (Å²) in [6, 6.07) is 0. The van der Waals surface area contributed by atoms with Crippen molar-refractivity contribution in [2.75, 3.05) is 0 Å². The summed E-state index contributed by atoms with van der Waals surface area (Å²) in [7, 11) is 0. The number of aromatic nitrogens is 6. The molecule has 1 unspecified atom stereocenters. The molecule has 2 heterocycles. The molecule has 0 saturated heterocycles. The van der Waals surface area contributed by atoms with E-state index in [-0.39, 0.29) is 5.92 Å². The Morgan fingerprint density at radius 3 is 2.72 bits per heavy atom. The van der Waals surface area contributed by atoms with E-state index in [1.807, 2.05) is 6.92 Å². The van der Waals surface area contributed by atoms with Gasteiger partial charge in [0.25, 0.3) is 0 Å². The molecule has 2 aromatic rings. The van der Waals surface area contributed by atoms with Gasteiger partial charge in [-0.25, -0.2) is 14.6 Å². The van der Waals surface area contributed by atoms with Crippen molar-refractivity contribution in [1.82, 2.24) is 29.5 Å². The third-order valence-corrected chi connectivity index (χ3v) is 2.55. The first-order valence-corrected chi connectivity index (χ1v) is 5.88. The van der Waals surface area contributed by atoms with Crippen LogP contribution >= 0.6 is 0 Å². The summed E-state index contributed by atoms with van der Waals surface area (Å²) in [6.07, 6.45) is 4.69. The Morgan fingerprint density at radius 2 is 2.11 bits per heavy atom. The fraction of sp³-hybridized carbons (Fsp3) is 0.636. The average molecular weight is 250 g/mol. The molecule has 98 valence electrons. The first kappa shape index (κ1) is 12.7. The van der Waals surface area contributed by atoms with E-state index in [4.69, 9.17) is 0 Å². The molecule has 0 aliphatic heterocycles. The molecule has 1 atom stereocenters. The van der Waals surface area contributed by atoms with Crippen LogP contribution in [0.4, 0.5) is 0 Å². The number of hydrogen-bond acceptors (Lipinski definition) is 5. The maximum atomic E-state index is 9.84. The molecular weight excluding hydrogens is 232 g/mol. The summed E-state index contributed by atoms with van der Waals surface area (Å²) in [5, 5.41) is 18.1. The lowest BCUT2D eigenvalue weighted by molar-refractivity contribution is 0.0562. The van der Waals surface area contributed by atoms with Crippen LogP contribution in [0.3, 0.4) is 0 Å². The molecule has 18 heavy (non-hydrogen) atoms. The van der Waals surface area contributed by atoms with Gasteiger partial charge in [-0.2, -0.15) is 10.2 Å². The van der Waals surface area contributed by atoms with Crippen molar-refractivity contribution in [1.29, 1.82) is 0 Å². The molecule has 7 heteroatoms. The molecule has 0 saturated carbocycles. The highest BCUT2D eigenvalue weighted by Gasteiger charge is 2.20. The second-order valence-electron chi connectivity index (χ2n) is 5.11. The Kier molecular flexibility index (Phi) is 3.42. The van der Waals surface area contributed by atoms with Gasteiger partial charge in [-0.3, -0.25) is 4.68 Å². The quantitative estimate of drug-likeness (QED) is 0.833. The van der Waals surface area contributed by atoms with Gasteiger partial charge in [0, 0.05) is 5.92 Å². The van der Waals surface area contributed by atoms with Crippen LogP contribution in [0.2, 0.25) is 0 Å². The minimum Gasteiger partial charge on any atom is -0.389 e. The van der Waals surface area contributed by atoms with Gasteiger partial charge in [-0.15, -0.1) is 0 Å². The summed E-state index contributed by atoms with van der Waals surface area (Å²) in [6.45, 7) is 6.66. The van der Waals surface area contributed by atoms with Gasteiger partial charge >= 0.3 is 0 Å². The second-order valence-corrected chi connectivity index (χ2v) is 5.11. The summed E-state index contributed by atoms with van der Waals surface area (Å²) in [5.74, 6) is 0.990. The van der Waals surface area contributed by atoms with Crippen molar-refractivity contribution < 1.29 is 5.11 Å². The van der Waals surface area contributed by atoms with Gasteiger partial charge in [0.05, 0.1) is 18.7 Å². The smallest absolute Gasteiger partial charge is 0.138 e. The first-order valence-electron chi connectivity index (χ1n) is 5.88. The van der Waals surface area contributed by atoms with Crippen molar-refractivity contribution >= 4 is 0 Å². The molecule has 0 radical (unpaired) electrons. The van der Waals surface area contributed by atoms with Gasteiger partial charge in [0.15, 0.2) is 0 Å². The van der Waals surface area contributed by atoms with E-state index in [0.717, 1.165) is 5.82 Å².